The minimum absolute atomic E-state index is 0.0786. The molecule has 0 aromatic carbocycles. The first-order valence-corrected chi connectivity index (χ1v) is 10.9. The molecule has 0 amide bonds. The number of fused-ring (bicyclic) bond motifs is 5. The Bertz CT molecular complexity index is 750. The molecule has 4 aliphatic rings. The number of allylic oxidation sites excluding steroid dienone is 4. The summed E-state index contributed by atoms with van der Waals surface area (Å²) >= 11 is 0. The van der Waals surface area contributed by atoms with Gasteiger partial charge >= 0.3 is 11.9 Å². The number of rotatable bonds is 2. The largest absolute Gasteiger partial charge is 0.462 e. The second-order valence-corrected chi connectivity index (χ2v) is 10.2. The lowest BCUT2D eigenvalue weighted by Gasteiger charge is -2.57. The van der Waals surface area contributed by atoms with Crippen molar-refractivity contribution in [1.29, 1.82) is 0 Å². The Morgan fingerprint density at radius 2 is 1.82 bits per heavy atom. The molecule has 0 saturated heterocycles. The van der Waals surface area contributed by atoms with Gasteiger partial charge in [-0.15, -0.1) is 0 Å². The predicted molar refractivity (Wildman–Crippen MR) is 107 cm³/mol. The van der Waals surface area contributed by atoms with E-state index in [1.165, 1.54) is 32.3 Å². The highest BCUT2D eigenvalue weighted by molar-refractivity contribution is 5.67. The van der Waals surface area contributed by atoms with Crippen LogP contribution in [0, 0.1) is 34.5 Å². The third-order valence-electron chi connectivity index (χ3n) is 8.52. The van der Waals surface area contributed by atoms with Crippen molar-refractivity contribution in [3.8, 4) is 0 Å². The maximum absolute atomic E-state index is 11.6. The van der Waals surface area contributed by atoms with Crippen molar-refractivity contribution in [3.63, 3.8) is 0 Å². The third-order valence-corrected chi connectivity index (χ3v) is 8.52. The van der Waals surface area contributed by atoms with E-state index < -0.39 is 0 Å². The van der Waals surface area contributed by atoms with E-state index in [9.17, 15) is 9.59 Å². The van der Waals surface area contributed by atoms with Crippen LogP contribution in [0.5, 0.6) is 0 Å². The van der Waals surface area contributed by atoms with Crippen molar-refractivity contribution in [3.05, 3.63) is 23.5 Å². The quantitative estimate of drug-likeness (QED) is 0.613. The summed E-state index contributed by atoms with van der Waals surface area (Å²) in [6.45, 7) is 9.98. The number of hydrogen-bond donors (Lipinski definition) is 0. The smallest absolute Gasteiger partial charge is 0.307 e. The molecule has 28 heavy (non-hydrogen) atoms. The zero-order chi connectivity index (χ0) is 20.3. The Morgan fingerprint density at radius 3 is 2.50 bits per heavy atom. The van der Waals surface area contributed by atoms with E-state index in [2.05, 4.69) is 32.9 Å². The van der Waals surface area contributed by atoms with Gasteiger partial charge in [-0.1, -0.05) is 26.8 Å². The molecule has 2 saturated carbocycles. The summed E-state index contributed by atoms with van der Waals surface area (Å²) in [7, 11) is 0. The molecule has 0 N–H and O–H groups in total. The zero-order valence-electron chi connectivity index (χ0n) is 17.9. The lowest BCUT2D eigenvalue weighted by atomic mass is 9.48. The van der Waals surface area contributed by atoms with Crippen LogP contribution in [0.2, 0.25) is 0 Å². The van der Waals surface area contributed by atoms with Crippen molar-refractivity contribution in [1.82, 2.24) is 0 Å². The Morgan fingerprint density at radius 1 is 1.07 bits per heavy atom. The summed E-state index contributed by atoms with van der Waals surface area (Å²) in [6, 6.07) is 0. The highest BCUT2D eigenvalue weighted by Crippen LogP contribution is 2.65. The lowest BCUT2D eigenvalue weighted by molar-refractivity contribution is -0.156. The van der Waals surface area contributed by atoms with Crippen molar-refractivity contribution >= 4 is 11.9 Å². The maximum Gasteiger partial charge on any atom is 0.307 e. The highest BCUT2D eigenvalue weighted by Gasteiger charge is 2.59. The van der Waals surface area contributed by atoms with Gasteiger partial charge in [0.25, 0.3) is 0 Å². The van der Waals surface area contributed by atoms with Crippen LogP contribution in [-0.4, -0.2) is 18.0 Å². The summed E-state index contributed by atoms with van der Waals surface area (Å²) < 4.78 is 11.3. The first kappa shape index (κ1) is 19.7. The summed E-state index contributed by atoms with van der Waals surface area (Å²) in [5.74, 6) is 2.65. The van der Waals surface area contributed by atoms with E-state index >= 15 is 0 Å². The van der Waals surface area contributed by atoms with Crippen LogP contribution in [0.15, 0.2) is 23.5 Å². The normalized spacial score (nSPS) is 44.4. The maximum atomic E-state index is 11.6. The van der Waals surface area contributed by atoms with E-state index in [0.717, 1.165) is 31.4 Å². The van der Waals surface area contributed by atoms with Crippen molar-refractivity contribution in [2.24, 2.45) is 34.5 Å². The molecule has 4 nitrogen and oxygen atoms in total. The summed E-state index contributed by atoms with van der Waals surface area (Å²) in [4.78, 5) is 23.1. The molecule has 4 aliphatic carbocycles. The van der Waals surface area contributed by atoms with E-state index in [1.54, 1.807) is 0 Å². The van der Waals surface area contributed by atoms with Gasteiger partial charge in [-0.2, -0.15) is 0 Å². The minimum atomic E-state index is -0.230. The number of carbonyl (C=O) groups is 2. The van der Waals surface area contributed by atoms with Crippen LogP contribution in [-0.2, 0) is 19.1 Å². The van der Waals surface area contributed by atoms with Gasteiger partial charge in [0, 0.05) is 25.2 Å². The fourth-order valence-corrected chi connectivity index (χ4v) is 7.28. The molecule has 4 rings (SSSR count). The van der Waals surface area contributed by atoms with Gasteiger partial charge in [0.2, 0.25) is 0 Å². The van der Waals surface area contributed by atoms with Gasteiger partial charge in [0.1, 0.15) is 11.9 Å². The molecule has 0 aromatic heterocycles. The Kier molecular flexibility index (Phi) is 4.75. The second-order valence-electron chi connectivity index (χ2n) is 10.2. The standard InChI is InChI=1S/C24H34O4/c1-14-13-24(5)17(12-21(14)27-15(2)25)6-7-18-19-8-9-22(28-16(3)26)23(19,4)11-10-20(18)24/h6,12,14,18-20,22H,7-11,13H2,1-5H3/t14-,18+,19+,20+,22+,23+,24+/m1/s1. The van der Waals surface area contributed by atoms with Crippen LogP contribution in [0.1, 0.15) is 73.1 Å². The second kappa shape index (κ2) is 6.74. The van der Waals surface area contributed by atoms with Crippen LogP contribution >= 0.6 is 0 Å². The Hall–Kier alpha value is -1.58. The average Bonchev–Trinajstić information content (AvgIpc) is 2.91. The van der Waals surface area contributed by atoms with Gasteiger partial charge in [0.15, 0.2) is 0 Å². The van der Waals surface area contributed by atoms with Crippen LogP contribution < -0.4 is 0 Å². The minimum Gasteiger partial charge on any atom is -0.462 e. The number of hydrogen-bond acceptors (Lipinski definition) is 4. The van der Waals surface area contributed by atoms with Crippen LogP contribution in [0.3, 0.4) is 0 Å². The zero-order valence-corrected chi connectivity index (χ0v) is 17.9. The van der Waals surface area contributed by atoms with E-state index in [0.29, 0.717) is 17.8 Å². The number of carbonyl (C=O) groups excluding carboxylic acids is 2. The van der Waals surface area contributed by atoms with Gasteiger partial charge in [-0.25, -0.2) is 0 Å². The number of ether oxygens (including phenoxy) is 2. The van der Waals surface area contributed by atoms with Crippen LogP contribution in [0.4, 0.5) is 0 Å². The fourth-order valence-electron chi connectivity index (χ4n) is 7.28. The third kappa shape index (κ3) is 2.95. The summed E-state index contributed by atoms with van der Waals surface area (Å²) in [5, 5.41) is 0. The fraction of sp³-hybridized carbons (Fsp3) is 0.750. The van der Waals surface area contributed by atoms with Gasteiger partial charge < -0.3 is 9.47 Å². The Balaban J connectivity index is 1.63. The molecule has 4 heteroatoms. The molecule has 0 aliphatic heterocycles. The topological polar surface area (TPSA) is 52.6 Å². The van der Waals surface area contributed by atoms with E-state index in [-0.39, 0.29) is 34.8 Å². The molecule has 7 atom stereocenters. The average molecular weight is 387 g/mol. The van der Waals surface area contributed by atoms with Gasteiger partial charge in [-0.3, -0.25) is 9.59 Å². The molecule has 0 spiro atoms. The molecule has 154 valence electrons. The predicted octanol–water partition coefficient (Wildman–Crippen LogP) is 5.18. The first-order valence-electron chi connectivity index (χ1n) is 10.9. The lowest BCUT2D eigenvalue weighted by Crippen LogP contribution is -2.51. The molecular weight excluding hydrogens is 352 g/mol. The molecule has 0 radical (unpaired) electrons. The first-order chi connectivity index (χ1) is 13.1. The molecule has 0 heterocycles. The SMILES string of the molecule is CC(=O)OC1=CC2=CC[C@H]3[C@@H]4CC[C@H](OC(C)=O)[C@@]4(C)CC[C@@H]3[C@@]2(C)C[C@H]1C. The molecule has 0 unspecified atom stereocenters. The summed E-state index contributed by atoms with van der Waals surface area (Å²) in [5.41, 5.74) is 1.63. The summed E-state index contributed by atoms with van der Waals surface area (Å²) in [6.07, 6.45) is 11.2. The molecule has 2 fully saturated rings. The van der Waals surface area contributed by atoms with Crippen molar-refractivity contribution < 1.29 is 19.1 Å². The van der Waals surface area contributed by atoms with Gasteiger partial charge in [0.05, 0.1) is 0 Å². The Labute approximate surface area is 168 Å². The number of esters is 2. The van der Waals surface area contributed by atoms with Crippen molar-refractivity contribution in [2.75, 3.05) is 0 Å². The molecule has 0 aromatic rings. The van der Waals surface area contributed by atoms with Crippen molar-refractivity contribution in [2.45, 2.75) is 79.2 Å². The monoisotopic (exact) mass is 386 g/mol. The molecular formula is C24H34O4. The van der Waals surface area contributed by atoms with E-state index in [4.69, 9.17) is 9.47 Å². The highest BCUT2D eigenvalue weighted by atomic mass is 16.5. The van der Waals surface area contributed by atoms with Crippen LogP contribution in [0.25, 0.3) is 0 Å². The van der Waals surface area contributed by atoms with Gasteiger partial charge in [-0.05, 0) is 73.3 Å². The van der Waals surface area contributed by atoms with E-state index in [1.807, 2.05) is 0 Å². The molecule has 0 bridgehead atoms.